The van der Waals surface area contributed by atoms with Gasteiger partial charge in [0, 0.05) is 23.9 Å². The van der Waals surface area contributed by atoms with E-state index in [0.717, 1.165) is 23.4 Å². The number of anilines is 1. The average molecular weight is 251 g/mol. The molecule has 0 radical (unpaired) electrons. The zero-order chi connectivity index (χ0) is 13.1. The van der Waals surface area contributed by atoms with Crippen LogP contribution in [0.25, 0.3) is 0 Å². The van der Waals surface area contributed by atoms with Crippen LogP contribution >= 0.6 is 0 Å². The van der Waals surface area contributed by atoms with Gasteiger partial charge in [-0.1, -0.05) is 18.2 Å². The maximum atomic E-state index is 8.87. The van der Waals surface area contributed by atoms with E-state index in [0.29, 0.717) is 12.3 Å². The molecule has 1 aliphatic rings. The highest BCUT2D eigenvalue weighted by Gasteiger charge is 2.20. The Hall–Kier alpha value is -2.54. The van der Waals surface area contributed by atoms with E-state index >= 15 is 0 Å². The number of nitriles is 1. The van der Waals surface area contributed by atoms with Gasteiger partial charge >= 0.3 is 0 Å². The molecule has 4 heteroatoms. The fraction of sp³-hybridized carbons (Fsp3) is 0.200. The molecule has 0 saturated carbocycles. The second kappa shape index (κ2) is 4.99. The lowest BCUT2D eigenvalue weighted by Crippen LogP contribution is -2.20. The molecule has 19 heavy (non-hydrogen) atoms. The molecule has 1 aliphatic heterocycles. The Balaban J connectivity index is 1.86. The Morgan fingerprint density at radius 1 is 1.32 bits per heavy atom. The summed E-state index contributed by atoms with van der Waals surface area (Å²) in [6.45, 7) is 0.699. The first-order valence-electron chi connectivity index (χ1n) is 6.21. The summed E-state index contributed by atoms with van der Waals surface area (Å²) in [5.74, 6) is 0.931. The van der Waals surface area contributed by atoms with Crippen molar-refractivity contribution in [3.05, 3.63) is 53.9 Å². The van der Waals surface area contributed by atoms with E-state index in [2.05, 4.69) is 16.4 Å². The minimum atomic E-state index is 0.207. The largest absolute Gasteiger partial charge is 0.493 e. The molecule has 94 valence electrons. The molecule has 0 bridgehead atoms. The van der Waals surface area contributed by atoms with E-state index in [4.69, 9.17) is 10.00 Å². The minimum Gasteiger partial charge on any atom is -0.493 e. The normalized spacial score (nSPS) is 16.9. The average Bonchev–Trinajstić information content (AvgIpc) is 2.48. The van der Waals surface area contributed by atoms with Gasteiger partial charge in [-0.05, 0) is 18.2 Å². The van der Waals surface area contributed by atoms with Gasteiger partial charge in [0.2, 0.25) is 0 Å². The predicted molar refractivity (Wildman–Crippen MR) is 71.9 cm³/mol. The highest BCUT2D eigenvalue weighted by atomic mass is 16.5. The lowest BCUT2D eigenvalue weighted by molar-refractivity contribution is 0.274. The standard InChI is InChI=1S/C15H13N3O/c16-10-12-9-11(5-7-17-12)18-14-6-8-19-15-4-2-1-3-13(14)15/h1-5,7,9,14H,6,8H2,(H,17,18). The number of pyridine rings is 1. The number of hydrogen-bond donors (Lipinski definition) is 1. The number of ether oxygens (including phenoxy) is 1. The number of hydrogen-bond acceptors (Lipinski definition) is 4. The molecular weight excluding hydrogens is 238 g/mol. The van der Waals surface area contributed by atoms with Crippen LogP contribution in [0.4, 0.5) is 5.69 Å². The van der Waals surface area contributed by atoms with Gasteiger partial charge in [-0.25, -0.2) is 4.98 Å². The van der Waals surface area contributed by atoms with Crippen LogP contribution in [0.5, 0.6) is 5.75 Å². The SMILES string of the molecule is N#Cc1cc(NC2CCOc3ccccc32)ccn1. The van der Waals surface area contributed by atoms with Crippen molar-refractivity contribution in [3.8, 4) is 11.8 Å². The van der Waals surface area contributed by atoms with Crippen LogP contribution in [0.1, 0.15) is 23.7 Å². The van der Waals surface area contributed by atoms with E-state index in [9.17, 15) is 0 Å². The number of benzene rings is 1. The van der Waals surface area contributed by atoms with E-state index in [1.54, 1.807) is 12.3 Å². The number of rotatable bonds is 2. The van der Waals surface area contributed by atoms with Crippen LogP contribution < -0.4 is 10.1 Å². The molecule has 1 N–H and O–H groups in total. The third kappa shape index (κ3) is 2.36. The van der Waals surface area contributed by atoms with Gasteiger partial charge in [0.05, 0.1) is 12.6 Å². The Morgan fingerprint density at radius 2 is 2.21 bits per heavy atom. The quantitative estimate of drug-likeness (QED) is 0.891. The predicted octanol–water partition coefficient (Wildman–Crippen LogP) is 2.89. The van der Waals surface area contributed by atoms with Crippen molar-refractivity contribution in [2.75, 3.05) is 11.9 Å². The highest BCUT2D eigenvalue weighted by molar-refractivity contribution is 5.50. The van der Waals surface area contributed by atoms with Crippen LogP contribution in [0.3, 0.4) is 0 Å². The fourth-order valence-electron chi connectivity index (χ4n) is 2.27. The molecule has 2 heterocycles. The molecule has 1 unspecified atom stereocenters. The zero-order valence-electron chi connectivity index (χ0n) is 10.3. The highest BCUT2D eigenvalue weighted by Crippen LogP contribution is 2.33. The molecule has 2 aromatic rings. The lowest BCUT2D eigenvalue weighted by Gasteiger charge is -2.27. The van der Waals surface area contributed by atoms with Crippen molar-refractivity contribution in [2.45, 2.75) is 12.5 Å². The summed E-state index contributed by atoms with van der Waals surface area (Å²) < 4.78 is 5.63. The number of aromatic nitrogens is 1. The van der Waals surface area contributed by atoms with Crippen molar-refractivity contribution in [1.82, 2.24) is 4.98 Å². The maximum absolute atomic E-state index is 8.87. The summed E-state index contributed by atoms with van der Waals surface area (Å²) in [7, 11) is 0. The maximum Gasteiger partial charge on any atom is 0.142 e. The van der Waals surface area contributed by atoms with Crippen molar-refractivity contribution in [2.24, 2.45) is 0 Å². The number of nitrogens with one attached hydrogen (secondary N) is 1. The van der Waals surface area contributed by atoms with Crippen LogP contribution in [-0.4, -0.2) is 11.6 Å². The van der Waals surface area contributed by atoms with Crippen molar-refractivity contribution < 1.29 is 4.74 Å². The van der Waals surface area contributed by atoms with Crippen molar-refractivity contribution in [1.29, 1.82) is 5.26 Å². The summed E-state index contributed by atoms with van der Waals surface area (Å²) in [6, 6.07) is 13.9. The first-order chi connectivity index (χ1) is 9.36. The molecule has 3 rings (SSSR count). The van der Waals surface area contributed by atoms with E-state index < -0.39 is 0 Å². The number of nitrogens with zero attached hydrogens (tertiary/aromatic N) is 2. The third-order valence-electron chi connectivity index (χ3n) is 3.17. The Morgan fingerprint density at radius 3 is 3.11 bits per heavy atom. The second-order valence-electron chi connectivity index (χ2n) is 4.41. The summed E-state index contributed by atoms with van der Waals surface area (Å²) in [6.07, 6.45) is 2.55. The molecule has 1 atom stereocenters. The topological polar surface area (TPSA) is 57.9 Å². The second-order valence-corrected chi connectivity index (χ2v) is 4.41. The van der Waals surface area contributed by atoms with Crippen molar-refractivity contribution in [3.63, 3.8) is 0 Å². The molecule has 0 aliphatic carbocycles. The molecule has 0 fully saturated rings. The van der Waals surface area contributed by atoms with Crippen LogP contribution in [0, 0.1) is 11.3 Å². The van der Waals surface area contributed by atoms with Crippen molar-refractivity contribution >= 4 is 5.69 Å². The molecule has 1 aromatic carbocycles. The van der Waals surface area contributed by atoms with E-state index in [-0.39, 0.29) is 6.04 Å². The molecule has 1 aromatic heterocycles. The van der Waals surface area contributed by atoms with Crippen LogP contribution in [0.2, 0.25) is 0 Å². The molecule has 0 spiro atoms. The van der Waals surface area contributed by atoms with Gasteiger partial charge in [0.25, 0.3) is 0 Å². The lowest BCUT2D eigenvalue weighted by atomic mass is 10.0. The van der Waals surface area contributed by atoms with Gasteiger partial charge in [-0.2, -0.15) is 5.26 Å². The Kier molecular flexibility index (Phi) is 3.03. The Bertz CT molecular complexity index is 633. The summed E-state index contributed by atoms with van der Waals surface area (Å²) >= 11 is 0. The van der Waals surface area contributed by atoms with Gasteiger partial charge in [0.15, 0.2) is 0 Å². The number of para-hydroxylation sites is 1. The van der Waals surface area contributed by atoms with Gasteiger partial charge in [0.1, 0.15) is 17.5 Å². The first kappa shape index (κ1) is 11.5. The third-order valence-corrected chi connectivity index (χ3v) is 3.17. The summed E-state index contributed by atoms with van der Waals surface area (Å²) in [5, 5.41) is 12.3. The van der Waals surface area contributed by atoms with Gasteiger partial charge < -0.3 is 10.1 Å². The van der Waals surface area contributed by atoms with Gasteiger partial charge in [-0.3, -0.25) is 0 Å². The summed E-state index contributed by atoms with van der Waals surface area (Å²) in [4.78, 5) is 3.97. The monoisotopic (exact) mass is 251 g/mol. The first-order valence-corrected chi connectivity index (χ1v) is 6.21. The Labute approximate surface area is 111 Å². The fourth-order valence-corrected chi connectivity index (χ4v) is 2.27. The van der Waals surface area contributed by atoms with E-state index in [1.807, 2.05) is 30.3 Å². The van der Waals surface area contributed by atoms with Gasteiger partial charge in [-0.15, -0.1) is 0 Å². The summed E-state index contributed by atoms with van der Waals surface area (Å²) in [5.41, 5.74) is 2.49. The molecule has 4 nitrogen and oxygen atoms in total. The van der Waals surface area contributed by atoms with Crippen LogP contribution in [-0.2, 0) is 0 Å². The molecule has 0 amide bonds. The zero-order valence-corrected chi connectivity index (χ0v) is 10.3. The van der Waals surface area contributed by atoms with E-state index in [1.165, 1.54) is 0 Å². The number of fused-ring (bicyclic) bond motifs is 1. The minimum absolute atomic E-state index is 0.207. The van der Waals surface area contributed by atoms with Crippen LogP contribution in [0.15, 0.2) is 42.6 Å². The molecular formula is C15H13N3O. The smallest absolute Gasteiger partial charge is 0.142 e. The molecule has 0 saturated heterocycles.